The number of ether oxygens (including phenoxy) is 1. The topological polar surface area (TPSA) is 105 Å². The molecule has 1 aliphatic rings. The first-order valence-electron chi connectivity index (χ1n) is 8.42. The van der Waals surface area contributed by atoms with E-state index in [1.165, 1.54) is 31.4 Å². The molecule has 1 aliphatic heterocycles. The molecule has 0 radical (unpaired) electrons. The number of nitro groups is 1. The summed E-state index contributed by atoms with van der Waals surface area (Å²) in [4.78, 5) is 23.7. The highest BCUT2D eigenvalue weighted by molar-refractivity contribution is 6.01. The molecule has 0 saturated carbocycles. The minimum absolute atomic E-state index is 0.127. The molecule has 2 aromatic carbocycles. The zero-order chi connectivity index (χ0) is 19.6. The minimum Gasteiger partial charge on any atom is -0.497 e. The second-order valence-electron chi connectivity index (χ2n) is 6.13. The lowest BCUT2D eigenvalue weighted by Crippen LogP contribution is -2.43. The van der Waals surface area contributed by atoms with Gasteiger partial charge in [-0.15, -0.1) is 0 Å². The fraction of sp³-hybridized carbons (Fsp3) is 0.263. The van der Waals surface area contributed by atoms with Crippen LogP contribution in [0.3, 0.4) is 0 Å². The zero-order valence-corrected chi connectivity index (χ0v) is 15.0. The number of rotatable bonds is 5. The van der Waals surface area contributed by atoms with Crippen LogP contribution < -0.4 is 4.74 Å². The Morgan fingerprint density at radius 3 is 2.56 bits per heavy atom. The maximum Gasteiger partial charge on any atom is 0.283 e. The van der Waals surface area contributed by atoms with E-state index in [1.807, 2.05) is 6.92 Å². The number of hydrogen-bond acceptors (Lipinski definition) is 6. The standard InChI is InChI=1S/C19H19N3O5/c1-3-14-12-19(24,13-8-10-15(27-2)11-9-13)21(20-14)18(23)16-6-4-5-7-17(16)22(25)26/h4-11,24H,3,12H2,1-2H3/t19-/m0/s1. The van der Waals surface area contributed by atoms with Crippen molar-refractivity contribution in [3.63, 3.8) is 0 Å². The van der Waals surface area contributed by atoms with Crippen LogP contribution in [-0.4, -0.2) is 33.8 Å². The molecule has 27 heavy (non-hydrogen) atoms. The van der Waals surface area contributed by atoms with Crippen molar-refractivity contribution in [1.82, 2.24) is 5.01 Å². The van der Waals surface area contributed by atoms with Gasteiger partial charge in [0.1, 0.15) is 11.3 Å². The van der Waals surface area contributed by atoms with E-state index in [1.54, 1.807) is 24.3 Å². The molecule has 0 fully saturated rings. The third-order valence-corrected chi connectivity index (χ3v) is 4.53. The number of methoxy groups -OCH3 is 1. The first kappa shape index (κ1) is 18.5. The summed E-state index contributed by atoms with van der Waals surface area (Å²) in [6.45, 7) is 1.87. The third kappa shape index (κ3) is 3.26. The van der Waals surface area contributed by atoms with Crippen LogP contribution in [0.25, 0.3) is 0 Å². The Hall–Kier alpha value is -3.26. The summed E-state index contributed by atoms with van der Waals surface area (Å²) in [5, 5.41) is 27.8. The Morgan fingerprint density at radius 1 is 1.30 bits per heavy atom. The van der Waals surface area contributed by atoms with E-state index in [9.17, 15) is 20.0 Å². The molecule has 1 heterocycles. The largest absolute Gasteiger partial charge is 0.497 e. The number of para-hydroxylation sites is 1. The van der Waals surface area contributed by atoms with Gasteiger partial charge in [0.15, 0.2) is 5.72 Å². The Bertz CT molecular complexity index is 910. The molecule has 0 spiro atoms. The van der Waals surface area contributed by atoms with E-state index >= 15 is 0 Å². The zero-order valence-electron chi connectivity index (χ0n) is 15.0. The number of hydrazone groups is 1. The van der Waals surface area contributed by atoms with E-state index < -0.39 is 16.6 Å². The minimum atomic E-state index is -1.72. The highest BCUT2D eigenvalue weighted by atomic mass is 16.6. The SMILES string of the molecule is CCC1=NN(C(=O)c2ccccc2[N+](=O)[O-])[C@@](O)(c2ccc(OC)cc2)C1. The predicted octanol–water partition coefficient (Wildman–Crippen LogP) is 3.06. The van der Waals surface area contributed by atoms with Crippen molar-refractivity contribution in [2.24, 2.45) is 5.10 Å². The van der Waals surface area contributed by atoms with Gasteiger partial charge < -0.3 is 9.84 Å². The average Bonchev–Trinajstić information content (AvgIpc) is 3.05. The van der Waals surface area contributed by atoms with Gasteiger partial charge in [-0.25, -0.2) is 0 Å². The summed E-state index contributed by atoms with van der Waals surface area (Å²) < 4.78 is 5.13. The van der Waals surface area contributed by atoms with Crippen LogP contribution in [0, 0.1) is 10.1 Å². The molecule has 1 N–H and O–H groups in total. The molecule has 8 nitrogen and oxygen atoms in total. The lowest BCUT2D eigenvalue weighted by atomic mass is 9.96. The molecule has 0 aliphatic carbocycles. The second-order valence-corrected chi connectivity index (χ2v) is 6.13. The molecule has 1 atom stereocenters. The van der Waals surface area contributed by atoms with Crippen molar-refractivity contribution in [3.05, 3.63) is 69.8 Å². The fourth-order valence-electron chi connectivity index (χ4n) is 3.04. The molecule has 0 aromatic heterocycles. The molecule has 2 aromatic rings. The maximum atomic E-state index is 13.1. The summed E-state index contributed by atoms with van der Waals surface area (Å²) in [7, 11) is 1.53. The summed E-state index contributed by atoms with van der Waals surface area (Å²) >= 11 is 0. The normalized spacial score (nSPS) is 18.9. The van der Waals surface area contributed by atoms with Gasteiger partial charge in [0.05, 0.1) is 12.0 Å². The van der Waals surface area contributed by atoms with Crippen LogP contribution in [-0.2, 0) is 5.72 Å². The fourth-order valence-corrected chi connectivity index (χ4v) is 3.04. The molecule has 3 rings (SSSR count). The van der Waals surface area contributed by atoms with Crippen molar-refractivity contribution < 1.29 is 19.6 Å². The molecule has 140 valence electrons. The molecule has 8 heteroatoms. The Kier molecular flexibility index (Phi) is 4.91. The number of amides is 1. The van der Waals surface area contributed by atoms with Crippen LogP contribution in [0.15, 0.2) is 53.6 Å². The molecular formula is C19H19N3O5. The summed E-state index contributed by atoms with van der Waals surface area (Å²) in [6, 6.07) is 12.3. The Balaban J connectivity index is 2.06. The number of benzene rings is 2. The van der Waals surface area contributed by atoms with Crippen LogP contribution in [0.1, 0.15) is 35.7 Å². The Labute approximate surface area is 155 Å². The van der Waals surface area contributed by atoms with Crippen molar-refractivity contribution in [2.75, 3.05) is 7.11 Å². The van der Waals surface area contributed by atoms with E-state index in [0.29, 0.717) is 23.4 Å². The quantitative estimate of drug-likeness (QED) is 0.644. The van der Waals surface area contributed by atoms with E-state index in [4.69, 9.17) is 4.74 Å². The van der Waals surface area contributed by atoms with Gasteiger partial charge in [-0.3, -0.25) is 14.9 Å². The lowest BCUT2D eigenvalue weighted by Gasteiger charge is -2.31. The van der Waals surface area contributed by atoms with E-state index in [-0.39, 0.29) is 17.7 Å². The first-order valence-corrected chi connectivity index (χ1v) is 8.42. The van der Waals surface area contributed by atoms with E-state index in [0.717, 1.165) is 5.01 Å². The van der Waals surface area contributed by atoms with Gasteiger partial charge in [0.2, 0.25) is 0 Å². The van der Waals surface area contributed by atoms with Gasteiger partial charge in [-0.1, -0.05) is 31.2 Å². The van der Waals surface area contributed by atoms with Crippen molar-refractivity contribution in [1.29, 1.82) is 0 Å². The molecule has 0 saturated heterocycles. The number of hydrogen-bond donors (Lipinski definition) is 1. The number of nitrogens with zero attached hydrogens (tertiary/aromatic N) is 3. The molecule has 0 bridgehead atoms. The van der Waals surface area contributed by atoms with Crippen LogP contribution in [0.2, 0.25) is 0 Å². The maximum absolute atomic E-state index is 13.1. The molecule has 1 amide bonds. The van der Waals surface area contributed by atoms with Gasteiger partial charge in [-0.2, -0.15) is 10.1 Å². The number of nitro benzene ring substituents is 1. The summed E-state index contributed by atoms with van der Waals surface area (Å²) in [5.74, 6) is -0.127. The highest BCUT2D eigenvalue weighted by Crippen LogP contribution is 2.38. The van der Waals surface area contributed by atoms with Gasteiger partial charge in [0, 0.05) is 23.8 Å². The second kappa shape index (κ2) is 7.16. The van der Waals surface area contributed by atoms with Crippen LogP contribution in [0.4, 0.5) is 5.69 Å². The summed E-state index contributed by atoms with van der Waals surface area (Å²) in [5.41, 5.74) is -1.11. The summed E-state index contributed by atoms with van der Waals surface area (Å²) in [6.07, 6.45) is 0.668. The van der Waals surface area contributed by atoms with Gasteiger partial charge in [0.25, 0.3) is 11.6 Å². The van der Waals surface area contributed by atoms with Crippen molar-refractivity contribution >= 4 is 17.3 Å². The number of carbonyl (C=O) groups excluding carboxylic acids is 1. The van der Waals surface area contributed by atoms with Gasteiger partial charge >= 0.3 is 0 Å². The first-order chi connectivity index (χ1) is 12.9. The van der Waals surface area contributed by atoms with Gasteiger partial charge in [-0.05, 0) is 24.6 Å². The van der Waals surface area contributed by atoms with E-state index in [2.05, 4.69) is 5.10 Å². The third-order valence-electron chi connectivity index (χ3n) is 4.53. The highest BCUT2D eigenvalue weighted by Gasteiger charge is 2.46. The molecule has 0 unspecified atom stereocenters. The van der Waals surface area contributed by atoms with Crippen LogP contribution >= 0.6 is 0 Å². The molecular weight excluding hydrogens is 350 g/mol. The van der Waals surface area contributed by atoms with Crippen molar-refractivity contribution in [2.45, 2.75) is 25.5 Å². The monoisotopic (exact) mass is 369 g/mol. The predicted molar refractivity (Wildman–Crippen MR) is 98.5 cm³/mol. The number of aliphatic hydroxyl groups is 1. The smallest absolute Gasteiger partial charge is 0.283 e. The Morgan fingerprint density at radius 2 is 1.96 bits per heavy atom. The number of carbonyl (C=O) groups is 1. The average molecular weight is 369 g/mol. The lowest BCUT2D eigenvalue weighted by molar-refractivity contribution is -0.385. The van der Waals surface area contributed by atoms with Crippen molar-refractivity contribution in [3.8, 4) is 5.75 Å². The van der Waals surface area contributed by atoms with Crippen LogP contribution in [0.5, 0.6) is 5.75 Å².